The Balaban J connectivity index is 0.000000861. The van der Waals surface area contributed by atoms with Crippen molar-refractivity contribution in [3.8, 4) is 0 Å². The maximum Gasteiger partial charge on any atom is 0.410 e. The summed E-state index contributed by atoms with van der Waals surface area (Å²) in [5, 5.41) is 0. The van der Waals surface area contributed by atoms with Gasteiger partial charge in [0.1, 0.15) is 5.60 Å². The molecular formula is C15H28ClNO2. The zero-order valence-corrected chi connectivity index (χ0v) is 13.9. The zero-order valence-electron chi connectivity index (χ0n) is 13.1. The molecule has 1 saturated carbocycles. The number of halogens is 1. The molecule has 0 N–H and O–H groups in total. The number of ether oxygens (including phenoxy) is 1. The van der Waals surface area contributed by atoms with Crippen LogP contribution in [-0.2, 0) is 4.74 Å². The minimum Gasteiger partial charge on any atom is -0.444 e. The number of amides is 1. The van der Waals surface area contributed by atoms with Crippen LogP contribution < -0.4 is 0 Å². The van der Waals surface area contributed by atoms with Crippen LogP contribution in [0.3, 0.4) is 0 Å². The summed E-state index contributed by atoms with van der Waals surface area (Å²) in [5.41, 5.74) is -0.422. The van der Waals surface area contributed by atoms with Crippen molar-refractivity contribution < 1.29 is 9.53 Å². The van der Waals surface area contributed by atoms with E-state index in [2.05, 4.69) is 6.92 Å². The van der Waals surface area contributed by atoms with E-state index in [-0.39, 0.29) is 17.0 Å². The van der Waals surface area contributed by atoms with Crippen LogP contribution in [0.2, 0.25) is 0 Å². The van der Waals surface area contributed by atoms with E-state index in [0.717, 1.165) is 25.7 Å². The van der Waals surface area contributed by atoms with Crippen molar-refractivity contribution >= 4 is 17.7 Å². The lowest BCUT2D eigenvalue weighted by molar-refractivity contribution is -0.0439. The highest BCUT2D eigenvalue weighted by Crippen LogP contribution is 2.51. The van der Waals surface area contributed by atoms with Gasteiger partial charge in [0.2, 0.25) is 0 Å². The standard InChI is InChI=1S/C13H22ClNO2.C2H6/c1-5-9-6-13(14)7-10(8-13)15(9)11(16)17-12(2,3)4;1-2/h9-10H,5-8H2,1-4H3;1-2H3. The molecule has 3 nitrogen and oxygen atoms in total. The molecule has 1 atom stereocenters. The molecule has 3 rings (SSSR count). The average molecular weight is 290 g/mol. The van der Waals surface area contributed by atoms with Gasteiger partial charge in [-0.05, 0) is 46.5 Å². The van der Waals surface area contributed by atoms with Crippen molar-refractivity contribution in [1.29, 1.82) is 0 Å². The van der Waals surface area contributed by atoms with Gasteiger partial charge in [-0.25, -0.2) is 4.79 Å². The highest BCUT2D eigenvalue weighted by atomic mass is 35.5. The molecule has 1 aliphatic carbocycles. The molecule has 2 heterocycles. The number of carbonyl (C=O) groups excluding carboxylic acids is 1. The minimum absolute atomic E-state index is 0.0378. The Morgan fingerprint density at radius 3 is 2.26 bits per heavy atom. The van der Waals surface area contributed by atoms with Crippen molar-refractivity contribution in [3.63, 3.8) is 0 Å². The number of rotatable bonds is 1. The third-order valence-corrected chi connectivity index (χ3v) is 4.13. The molecule has 3 fully saturated rings. The highest BCUT2D eigenvalue weighted by molar-refractivity contribution is 6.24. The van der Waals surface area contributed by atoms with E-state index >= 15 is 0 Å². The predicted octanol–water partition coefficient (Wildman–Crippen LogP) is 4.57. The summed E-state index contributed by atoms with van der Waals surface area (Å²) >= 11 is 6.44. The second-order valence-corrected chi connectivity index (χ2v) is 7.17. The van der Waals surface area contributed by atoms with E-state index in [4.69, 9.17) is 16.3 Å². The van der Waals surface area contributed by atoms with Crippen molar-refractivity contribution in [2.75, 3.05) is 0 Å². The fourth-order valence-electron chi connectivity index (χ4n) is 2.92. The number of carbonyl (C=O) groups is 1. The first-order chi connectivity index (χ1) is 8.74. The summed E-state index contributed by atoms with van der Waals surface area (Å²) in [6.45, 7) is 11.8. The molecule has 0 aromatic heterocycles. The van der Waals surface area contributed by atoms with Crippen LogP contribution in [0.5, 0.6) is 0 Å². The first-order valence-electron chi connectivity index (χ1n) is 7.44. The summed E-state index contributed by atoms with van der Waals surface area (Å²) in [5.74, 6) is 0. The Morgan fingerprint density at radius 1 is 1.32 bits per heavy atom. The van der Waals surface area contributed by atoms with E-state index in [0.29, 0.717) is 6.04 Å². The van der Waals surface area contributed by atoms with Gasteiger partial charge in [-0.3, -0.25) is 0 Å². The van der Waals surface area contributed by atoms with Gasteiger partial charge >= 0.3 is 6.09 Å². The molecule has 0 spiro atoms. The summed E-state index contributed by atoms with van der Waals surface area (Å²) in [4.78, 5) is 14.1. The smallest absolute Gasteiger partial charge is 0.410 e. The SMILES string of the molecule is CC.CCC1CC2(Cl)CC(C2)N1C(=O)OC(C)(C)C. The van der Waals surface area contributed by atoms with Gasteiger partial charge in [0.15, 0.2) is 0 Å². The van der Waals surface area contributed by atoms with Crippen molar-refractivity contribution in [2.24, 2.45) is 0 Å². The summed E-state index contributed by atoms with van der Waals surface area (Å²) in [6.07, 6.45) is 3.52. The van der Waals surface area contributed by atoms with Crippen molar-refractivity contribution in [1.82, 2.24) is 4.90 Å². The largest absolute Gasteiger partial charge is 0.444 e. The van der Waals surface area contributed by atoms with Crippen LogP contribution >= 0.6 is 11.6 Å². The molecule has 19 heavy (non-hydrogen) atoms. The van der Waals surface area contributed by atoms with Crippen LogP contribution in [0.25, 0.3) is 0 Å². The number of fused-ring (bicyclic) bond motifs is 2. The lowest BCUT2D eigenvalue weighted by atomic mass is 9.69. The van der Waals surface area contributed by atoms with Crippen molar-refractivity contribution in [3.05, 3.63) is 0 Å². The molecule has 2 aliphatic heterocycles. The Labute approximate surface area is 122 Å². The molecule has 4 heteroatoms. The minimum atomic E-state index is -0.422. The normalized spacial score (nSPS) is 32.9. The monoisotopic (exact) mass is 289 g/mol. The molecule has 2 bridgehead atoms. The molecule has 1 amide bonds. The molecule has 2 saturated heterocycles. The van der Waals surface area contributed by atoms with Crippen molar-refractivity contribution in [2.45, 2.75) is 89.8 Å². The summed E-state index contributed by atoms with van der Waals surface area (Å²) in [7, 11) is 0. The van der Waals surface area contributed by atoms with Crippen LogP contribution in [0, 0.1) is 0 Å². The Hall–Kier alpha value is -0.440. The summed E-state index contributed by atoms with van der Waals surface area (Å²) in [6, 6.07) is 0.538. The predicted molar refractivity (Wildman–Crippen MR) is 79.7 cm³/mol. The molecule has 3 aliphatic rings. The fraction of sp³-hybridized carbons (Fsp3) is 0.933. The third kappa shape index (κ3) is 3.77. The van der Waals surface area contributed by atoms with E-state index in [9.17, 15) is 4.79 Å². The van der Waals surface area contributed by atoms with E-state index < -0.39 is 5.60 Å². The van der Waals surface area contributed by atoms with Gasteiger partial charge in [0, 0.05) is 12.1 Å². The van der Waals surface area contributed by atoms with Gasteiger partial charge in [-0.2, -0.15) is 0 Å². The van der Waals surface area contributed by atoms with Crippen LogP contribution in [0.1, 0.15) is 67.2 Å². The Kier molecular flexibility index (Phi) is 5.16. The molecule has 112 valence electrons. The third-order valence-electron chi connectivity index (χ3n) is 3.67. The van der Waals surface area contributed by atoms with Crippen LogP contribution in [0.4, 0.5) is 4.79 Å². The maximum absolute atomic E-state index is 12.2. The van der Waals surface area contributed by atoms with Gasteiger partial charge in [0.05, 0.1) is 4.87 Å². The van der Waals surface area contributed by atoms with Gasteiger partial charge in [-0.15, -0.1) is 11.6 Å². The summed E-state index contributed by atoms with van der Waals surface area (Å²) < 4.78 is 5.48. The van der Waals surface area contributed by atoms with Gasteiger partial charge < -0.3 is 9.64 Å². The number of nitrogens with zero attached hydrogens (tertiary/aromatic N) is 1. The molecule has 1 unspecified atom stereocenters. The quantitative estimate of drug-likeness (QED) is 0.662. The second-order valence-electron chi connectivity index (χ2n) is 6.37. The Morgan fingerprint density at radius 2 is 1.84 bits per heavy atom. The topological polar surface area (TPSA) is 29.5 Å². The molecule has 0 aromatic carbocycles. The number of hydrogen-bond donors (Lipinski definition) is 0. The lowest BCUT2D eigenvalue weighted by Crippen LogP contribution is -2.65. The first-order valence-corrected chi connectivity index (χ1v) is 7.82. The first kappa shape index (κ1) is 16.6. The lowest BCUT2D eigenvalue weighted by Gasteiger charge is -2.57. The van der Waals surface area contributed by atoms with Crippen LogP contribution in [-0.4, -0.2) is 33.6 Å². The Bertz CT molecular complexity index is 319. The van der Waals surface area contributed by atoms with E-state index in [1.807, 2.05) is 39.5 Å². The number of hydrogen-bond acceptors (Lipinski definition) is 2. The van der Waals surface area contributed by atoms with E-state index in [1.54, 1.807) is 0 Å². The maximum atomic E-state index is 12.2. The fourth-order valence-corrected chi connectivity index (χ4v) is 3.46. The number of piperidine rings is 2. The highest BCUT2D eigenvalue weighted by Gasteiger charge is 2.55. The van der Waals surface area contributed by atoms with Gasteiger partial charge in [-0.1, -0.05) is 20.8 Å². The van der Waals surface area contributed by atoms with Crippen LogP contribution in [0.15, 0.2) is 0 Å². The second kappa shape index (κ2) is 5.90. The molecule has 0 aromatic rings. The molecule has 0 radical (unpaired) electrons. The zero-order chi connectivity index (χ0) is 14.8. The number of alkyl halides is 1. The van der Waals surface area contributed by atoms with E-state index in [1.165, 1.54) is 0 Å². The average Bonchev–Trinajstić information content (AvgIpc) is 2.27. The van der Waals surface area contributed by atoms with Gasteiger partial charge in [0.25, 0.3) is 0 Å². The molecular weight excluding hydrogens is 262 g/mol.